The highest BCUT2D eigenvalue weighted by molar-refractivity contribution is 6.39. The van der Waals surface area contributed by atoms with Crippen molar-refractivity contribution in [3.05, 3.63) is 24.3 Å². The van der Waals surface area contributed by atoms with Gasteiger partial charge < -0.3 is 20.1 Å². The highest BCUT2D eigenvalue weighted by atomic mass is 16.5. The third-order valence-electron chi connectivity index (χ3n) is 3.71. The van der Waals surface area contributed by atoms with Gasteiger partial charge in [0.2, 0.25) is 0 Å². The van der Waals surface area contributed by atoms with Crippen molar-refractivity contribution in [3.8, 4) is 5.75 Å². The Kier molecular flexibility index (Phi) is 6.37. The van der Waals surface area contributed by atoms with Gasteiger partial charge in [0.05, 0.1) is 18.9 Å². The molecule has 7 nitrogen and oxygen atoms in total. The van der Waals surface area contributed by atoms with Gasteiger partial charge in [-0.15, -0.1) is 0 Å². The Hall–Kier alpha value is -2.12. The summed E-state index contributed by atoms with van der Waals surface area (Å²) in [5, 5.41) is 11.5. The first kappa shape index (κ1) is 17.2. The number of aliphatic hydroxyl groups is 1. The predicted molar refractivity (Wildman–Crippen MR) is 86.3 cm³/mol. The van der Waals surface area contributed by atoms with E-state index >= 15 is 0 Å². The Labute approximate surface area is 135 Å². The summed E-state index contributed by atoms with van der Waals surface area (Å²) in [5.74, 6) is -0.656. The van der Waals surface area contributed by atoms with Gasteiger partial charge in [-0.25, -0.2) is 0 Å². The highest BCUT2D eigenvalue weighted by Crippen LogP contribution is 2.23. The van der Waals surface area contributed by atoms with Crippen LogP contribution in [0.2, 0.25) is 0 Å². The maximum absolute atomic E-state index is 12.2. The molecule has 1 aromatic rings. The monoisotopic (exact) mass is 321 g/mol. The molecule has 1 aliphatic rings. The SMILES string of the molecule is CCOc1ccccc1NC(=O)C(=O)N1CCN(CCO)CC1. The highest BCUT2D eigenvalue weighted by Gasteiger charge is 2.26. The van der Waals surface area contributed by atoms with Gasteiger partial charge in [0.25, 0.3) is 0 Å². The molecule has 1 heterocycles. The minimum absolute atomic E-state index is 0.0998. The Bertz CT molecular complexity index is 542. The fourth-order valence-corrected chi connectivity index (χ4v) is 2.49. The second kappa shape index (κ2) is 8.50. The number of carbonyl (C=O) groups excluding carboxylic acids is 2. The number of hydrogen-bond donors (Lipinski definition) is 2. The van der Waals surface area contributed by atoms with Crippen LogP contribution in [0.4, 0.5) is 5.69 Å². The molecule has 2 N–H and O–H groups in total. The van der Waals surface area contributed by atoms with Crippen molar-refractivity contribution in [1.82, 2.24) is 9.80 Å². The molecule has 1 aromatic carbocycles. The molecule has 0 radical (unpaired) electrons. The normalized spacial score (nSPS) is 15.3. The predicted octanol–water partition coefficient (Wildman–Crippen LogP) is 0.160. The van der Waals surface area contributed by atoms with Gasteiger partial charge in [0.15, 0.2) is 0 Å². The van der Waals surface area contributed by atoms with E-state index in [0.29, 0.717) is 50.8 Å². The van der Waals surface area contributed by atoms with Crippen LogP contribution in [-0.2, 0) is 9.59 Å². The quantitative estimate of drug-likeness (QED) is 0.755. The lowest BCUT2D eigenvalue weighted by molar-refractivity contribution is -0.144. The molecule has 0 spiro atoms. The van der Waals surface area contributed by atoms with E-state index in [0.717, 1.165) is 0 Å². The summed E-state index contributed by atoms with van der Waals surface area (Å²) >= 11 is 0. The fourth-order valence-electron chi connectivity index (χ4n) is 2.49. The van der Waals surface area contributed by atoms with Gasteiger partial charge >= 0.3 is 11.8 Å². The number of para-hydroxylation sites is 2. The third kappa shape index (κ3) is 4.67. The summed E-state index contributed by atoms with van der Waals surface area (Å²) in [6, 6.07) is 7.03. The number of nitrogens with one attached hydrogen (secondary N) is 1. The number of benzene rings is 1. The number of anilines is 1. The standard InChI is InChI=1S/C16H23N3O4/c1-2-23-14-6-4-3-5-13(14)17-15(21)16(22)19-9-7-18(8-10-19)11-12-20/h3-6,20H,2,7-12H2,1H3,(H,17,21). The molecular weight excluding hydrogens is 298 g/mol. The molecule has 1 fully saturated rings. The van der Waals surface area contributed by atoms with Crippen LogP contribution in [0.1, 0.15) is 6.92 Å². The first-order valence-electron chi connectivity index (χ1n) is 7.81. The Balaban J connectivity index is 1.92. The molecule has 0 bridgehead atoms. The third-order valence-corrected chi connectivity index (χ3v) is 3.71. The smallest absolute Gasteiger partial charge is 0.314 e. The van der Waals surface area contributed by atoms with Crippen molar-refractivity contribution in [3.63, 3.8) is 0 Å². The maximum atomic E-state index is 12.2. The summed E-state index contributed by atoms with van der Waals surface area (Å²) in [6.45, 7) is 5.32. The maximum Gasteiger partial charge on any atom is 0.314 e. The van der Waals surface area contributed by atoms with Crippen LogP contribution >= 0.6 is 0 Å². The topological polar surface area (TPSA) is 82.1 Å². The van der Waals surface area contributed by atoms with Gasteiger partial charge in [0, 0.05) is 32.7 Å². The number of nitrogens with zero attached hydrogens (tertiary/aromatic N) is 2. The minimum atomic E-state index is -0.659. The van der Waals surface area contributed by atoms with E-state index in [1.54, 1.807) is 18.2 Å². The van der Waals surface area contributed by atoms with E-state index in [1.807, 2.05) is 13.0 Å². The van der Waals surface area contributed by atoms with E-state index in [2.05, 4.69) is 10.2 Å². The van der Waals surface area contributed by atoms with Crippen LogP contribution < -0.4 is 10.1 Å². The van der Waals surface area contributed by atoms with E-state index in [1.165, 1.54) is 4.90 Å². The molecule has 0 saturated carbocycles. The molecule has 0 aliphatic carbocycles. The van der Waals surface area contributed by atoms with Crippen molar-refractivity contribution < 1.29 is 19.4 Å². The van der Waals surface area contributed by atoms with Gasteiger partial charge in [-0.2, -0.15) is 0 Å². The zero-order chi connectivity index (χ0) is 16.7. The summed E-state index contributed by atoms with van der Waals surface area (Å²) in [5.41, 5.74) is 0.492. The summed E-state index contributed by atoms with van der Waals surface area (Å²) in [6.07, 6.45) is 0. The Morgan fingerprint density at radius 1 is 1.22 bits per heavy atom. The Morgan fingerprint density at radius 2 is 1.91 bits per heavy atom. The second-order valence-corrected chi connectivity index (χ2v) is 5.24. The molecule has 1 saturated heterocycles. The number of hydrogen-bond acceptors (Lipinski definition) is 5. The number of piperazine rings is 1. The van der Waals surface area contributed by atoms with Crippen LogP contribution in [0.3, 0.4) is 0 Å². The number of carbonyl (C=O) groups is 2. The van der Waals surface area contributed by atoms with Crippen LogP contribution in [-0.4, -0.2) is 72.7 Å². The average Bonchev–Trinajstić information content (AvgIpc) is 2.57. The number of β-amino-alcohol motifs (C(OH)–C–C–N with tert-alkyl or cyclic N) is 1. The minimum Gasteiger partial charge on any atom is -0.492 e. The molecule has 0 unspecified atom stereocenters. The Morgan fingerprint density at radius 3 is 2.57 bits per heavy atom. The van der Waals surface area contributed by atoms with Crippen LogP contribution in [0, 0.1) is 0 Å². The molecule has 0 atom stereocenters. The molecule has 0 aromatic heterocycles. The van der Waals surface area contributed by atoms with E-state index in [4.69, 9.17) is 9.84 Å². The van der Waals surface area contributed by atoms with E-state index < -0.39 is 11.8 Å². The van der Waals surface area contributed by atoms with Crippen molar-refractivity contribution in [2.75, 3.05) is 51.3 Å². The van der Waals surface area contributed by atoms with E-state index in [9.17, 15) is 9.59 Å². The van der Waals surface area contributed by atoms with Gasteiger partial charge in [0.1, 0.15) is 5.75 Å². The van der Waals surface area contributed by atoms with Crippen molar-refractivity contribution in [1.29, 1.82) is 0 Å². The summed E-state index contributed by atoms with van der Waals surface area (Å²) in [4.78, 5) is 28.0. The van der Waals surface area contributed by atoms with Crippen LogP contribution in [0.25, 0.3) is 0 Å². The largest absolute Gasteiger partial charge is 0.492 e. The molecule has 2 amide bonds. The first-order valence-corrected chi connectivity index (χ1v) is 7.81. The number of ether oxygens (including phenoxy) is 1. The first-order chi connectivity index (χ1) is 11.2. The van der Waals surface area contributed by atoms with Gasteiger partial charge in [-0.1, -0.05) is 12.1 Å². The van der Waals surface area contributed by atoms with Gasteiger partial charge in [-0.05, 0) is 19.1 Å². The lowest BCUT2D eigenvalue weighted by atomic mass is 10.2. The summed E-state index contributed by atoms with van der Waals surface area (Å²) in [7, 11) is 0. The molecule has 126 valence electrons. The molecule has 23 heavy (non-hydrogen) atoms. The van der Waals surface area contributed by atoms with Crippen molar-refractivity contribution in [2.45, 2.75) is 6.92 Å². The average molecular weight is 321 g/mol. The van der Waals surface area contributed by atoms with Gasteiger partial charge in [-0.3, -0.25) is 14.5 Å². The molecular formula is C16H23N3O4. The zero-order valence-electron chi connectivity index (χ0n) is 13.3. The number of aliphatic hydroxyl groups excluding tert-OH is 1. The van der Waals surface area contributed by atoms with Crippen molar-refractivity contribution >= 4 is 17.5 Å². The van der Waals surface area contributed by atoms with Crippen LogP contribution in [0.5, 0.6) is 5.75 Å². The lowest BCUT2D eigenvalue weighted by Crippen LogP contribution is -2.52. The number of amides is 2. The molecule has 1 aliphatic heterocycles. The molecule has 7 heteroatoms. The lowest BCUT2D eigenvalue weighted by Gasteiger charge is -2.33. The zero-order valence-corrected chi connectivity index (χ0v) is 13.3. The fraction of sp³-hybridized carbons (Fsp3) is 0.500. The molecule has 2 rings (SSSR count). The van der Waals surface area contributed by atoms with Crippen molar-refractivity contribution in [2.24, 2.45) is 0 Å². The second-order valence-electron chi connectivity index (χ2n) is 5.24. The number of rotatable bonds is 5. The van der Waals surface area contributed by atoms with E-state index in [-0.39, 0.29) is 6.61 Å². The summed E-state index contributed by atoms with van der Waals surface area (Å²) < 4.78 is 5.43. The van der Waals surface area contributed by atoms with Crippen LogP contribution in [0.15, 0.2) is 24.3 Å².